The van der Waals surface area contributed by atoms with Crippen molar-refractivity contribution in [2.45, 2.75) is 24.7 Å². The standard InChI is InChI=1S/C27H24/c1-4-10-18(11-5-1)21-16-23(21)26-25(20-14-8-3-9-15-20)27(26)24-17-22(24)19-12-6-2-7-13-19/h1-15,21-24,26H,16-17H2/t21-,22+,23-,24-,26-/m0/s1. The normalized spacial score (nSPS) is 30.9. The molecule has 0 saturated heterocycles. The maximum absolute atomic E-state index is 2.32. The van der Waals surface area contributed by atoms with Gasteiger partial charge in [-0.05, 0) is 58.8 Å². The molecule has 6 rings (SSSR count). The van der Waals surface area contributed by atoms with Crippen molar-refractivity contribution >= 4 is 5.57 Å². The fourth-order valence-electron chi connectivity index (χ4n) is 5.37. The van der Waals surface area contributed by atoms with Crippen LogP contribution in [0.5, 0.6) is 0 Å². The van der Waals surface area contributed by atoms with Gasteiger partial charge in [0.05, 0.1) is 0 Å². The molecule has 0 N–H and O–H groups in total. The highest BCUT2D eigenvalue weighted by atomic mass is 14.6. The molecule has 0 aliphatic heterocycles. The minimum atomic E-state index is 0.733. The molecule has 3 aliphatic carbocycles. The lowest BCUT2D eigenvalue weighted by Gasteiger charge is -2.03. The van der Waals surface area contributed by atoms with E-state index in [9.17, 15) is 0 Å². The summed E-state index contributed by atoms with van der Waals surface area (Å²) in [4.78, 5) is 0. The molecular formula is C27H24. The Kier molecular flexibility index (Phi) is 3.41. The molecular weight excluding hydrogens is 324 g/mol. The Morgan fingerprint density at radius 2 is 1.07 bits per heavy atom. The highest BCUT2D eigenvalue weighted by Crippen LogP contribution is 2.71. The van der Waals surface area contributed by atoms with E-state index in [4.69, 9.17) is 0 Å². The second-order valence-electron chi connectivity index (χ2n) is 8.49. The summed E-state index contributed by atoms with van der Waals surface area (Å²) in [7, 11) is 0. The molecule has 0 bridgehead atoms. The number of rotatable bonds is 5. The lowest BCUT2D eigenvalue weighted by Crippen LogP contribution is -1.93. The third-order valence-electron chi connectivity index (χ3n) is 6.87. The number of hydrogen-bond acceptors (Lipinski definition) is 0. The topological polar surface area (TPSA) is 0 Å². The van der Waals surface area contributed by atoms with Crippen molar-refractivity contribution in [3.63, 3.8) is 0 Å². The Hall–Kier alpha value is -2.60. The predicted molar refractivity (Wildman–Crippen MR) is 111 cm³/mol. The van der Waals surface area contributed by atoms with Crippen LogP contribution in [0.4, 0.5) is 0 Å². The van der Waals surface area contributed by atoms with Crippen LogP contribution in [-0.2, 0) is 0 Å². The molecule has 0 nitrogen and oxygen atoms in total. The summed E-state index contributed by atoms with van der Waals surface area (Å²) in [6, 6.07) is 33.4. The van der Waals surface area contributed by atoms with Crippen molar-refractivity contribution < 1.29 is 0 Å². The zero-order valence-corrected chi connectivity index (χ0v) is 15.5. The molecule has 2 saturated carbocycles. The van der Waals surface area contributed by atoms with Gasteiger partial charge in [-0.3, -0.25) is 0 Å². The molecule has 2 fully saturated rings. The molecule has 0 amide bonds. The smallest absolute Gasteiger partial charge is 0.00975 e. The van der Waals surface area contributed by atoms with E-state index in [1.807, 2.05) is 0 Å². The Bertz CT molecular complexity index is 984. The van der Waals surface area contributed by atoms with Gasteiger partial charge in [0.15, 0.2) is 0 Å². The Balaban J connectivity index is 1.28. The van der Waals surface area contributed by atoms with Crippen molar-refractivity contribution in [3.05, 3.63) is 113 Å². The minimum Gasteiger partial charge on any atom is -0.0622 e. The third kappa shape index (κ3) is 2.67. The van der Waals surface area contributed by atoms with Gasteiger partial charge >= 0.3 is 0 Å². The van der Waals surface area contributed by atoms with Crippen LogP contribution < -0.4 is 0 Å². The Labute approximate surface area is 161 Å². The fourth-order valence-corrected chi connectivity index (χ4v) is 5.37. The molecule has 0 heterocycles. The van der Waals surface area contributed by atoms with Gasteiger partial charge in [-0.1, -0.05) is 96.6 Å². The second-order valence-corrected chi connectivity index (χ2v) is 8.49. The maximum Gasteiger partial charge on any atom is 0.00975 e. The van der Waals surface area contributed by atoms with E-state index in [1.54, 1.807) is 11.1 Å². The summed E-state index contributed by atoms with van der Waals surface area (Å²) in [5.41, 5.74) is 8.01. The van der Waals surface area contributed by atoms with Gasteiger partial charge < -0.3 is 0 Å². The third-order valence-corrected chi connectivity index (χ3v) is 6.87. The second kappa shape index (κ2) is 5.96. The van der Waals surface area contributed by atoms with Crippen molar-refractivity contribution in [1.29, 1.82) is 0 Å². The van der Waals surface area contributed by atoms with Crippen molar-refractivity contribution in [2.24, 2.45) is 17.8 Å². The molecule has 3 aromatic rings. The van der Waals surface area contributed by atoms with Crippen LogP contribution in [-0.4, -0.2) is 0 Å². The lowest BCUT2D eigenvalue weighted by atomic mass is 10.0. The van der Waals surface area contributed by atoms with Crippen molar-refractivity contribution in [1.82, 2.24) is 0 Å². The lowest BCUT2D eigenvalue weighted by molar-refractivity contribution is 0.698. The molecule has 0 unspecified atom stereocenters. The van der Waals surface area contributed by atoms with E-state index < -0.39 is 0 Å². The molecule has 5 atom stereocenters. The van der Waals surface area contributed by atoms with Crippen LogP contribution in [0, 0.1) is 17.8 Å². The molecule has 0 heteroatoms. The minimum absolute atomic E-state index is 0.733. The van der Waals surface area contributed by atoms with E-state index in [2.05, 4.69) is 91.0 Å². The van der Waals surface area contributed by atoms with Crippen molar-refractivity contribution in [3.8, 4) is 0 Å². The van der Waals surface area contributed by atoms with Gasteiger partial charge in [-0.15, -0.1) is 0 Å². The molecule has 0 radical (unpaired) electrons. The first kappa shape index (κ1) is 15.5. The summed E-state index contributed by atoms with van der Waals surface area (Å²) < 4.78 is 0. The van der Waals surface area contributed by atoms with Crippen LogP contribution in [0.15, 0.2) is 96.6 Å². The molecule has 0 spiro atoms. The van der Waals surface area contributed by atoms with Gasteiger partial charge in [0.25, 0.3) is 0 Å². The molecule has 3 aliphatic rings. The van der Waals surface area contributed by atoms with E-state index in [1.165, 1.54) is 29.5 Å². The largest absolute Gasteiger partial charge is 0.0622 e. The van der Waals surface area contributed by atoms with Gasteiger partial charge in [0.1, 0.15) is 0 Å². The molecule has 0 aromatic heterocycles. The summed E-state index contributed by atoms with van der Waals surface area (Å²) in [6.45, 7) is 0. The highest BCUT2D eigenvalue weighted by molar-refractivity contribution is 5.88. The van der Waals surface area contributed by atoms with E-state index in [0.29, 0.717) is 0 Å². The van der Waals surface area contributed by atoms with Crippen molar-refractivity contribution in [2.75, 3.05) is 0 Å². The molecule has 132 valence electrons. The summed E-state index contributed by atoms with van der Waals surface area (Å²) >= 11 is 0. The predicted octanol–water partition coefficient (Wildman–Crippen LogP) is 6.68. The molecule has 3 aromatic carbocycles. The summed E-state index contributed by atoms with van der Waals surface area (Å²) in [5.74, 6) is 3.86. The van der Waals surface area contributed by atoms with Crippen LogP contribution >= 0.6 is 0 Å². The first-order valence-electron chi connectivity index (χ1n) is 10.3. The highest BCUT2D eigenvalue weighted by Gasteiger charge is 2.59. The van der Waals surface area contributed by atoms with Crippen LogP contribution in [0.25, 0.3) is 5.57 Å². The first-order chi connectivity index (χ1) is 13.4. The summed E-state index contributed by atoms with van der Waals surface area (Å²) in [5, 5.41) is 0. The fraction of sp³-hybridized carbons (Fsp3) is 0.259. The zero-order chi connectivity index (χ0) is 17.8. The zero-order valence-electron chi connectivity index (χ0n) is 15.5. The summed E-state index contributed by atoms with van der Waals surface area (Å²) in [6.07, 6.45) is 2.70. The van der Waals surface area contributed by atoms with Gasteiger partial charge in [-0.25, -0.2) is 0 Å². The van der Waals surface area contributed by atoms with E-state index in [-0.39, 0.29) is 0 Å². The van der Waals surface area contributed by atoms with Gasteiger partial charge in [-0.2, -0.15) is 0 Å². The Morgan fingerprint density at radius 3 is 1.70 bits per heavy atom. The van der Waals surface area contributed by atoms with Crippen LogP contribution in [0.1, 0.15) is 41.4 Å². The maximum atomic E-state index is 2.32. The average Bonchev–Trinajstić information content (AvgIpc) is 3.62. The van der Waals surface area contributed by atoms with E-state index in [0.717, 1.165) is 29.6 Å². The number of allylic oxidation sites excluding steroid dienone is 2. The number of benzene rings is 3. The average molecular weight is 348 g/mol. The van der Waals surface area contributed by atoms with E-state index >= 15 is 0 Å². The van der Waals surface area contributed by atoms with Gasteiger partial charge in [0, 0.05) is 5.92 Å². The molecule has 27 heavy (non-hydrogen) atoms. The number of hydrogen-bond donors (Lipinski definition) is 0. The SMILES string of the molecule is c1ccc(C2=C([C@H]3C[C@@H]3c3ccccc3)[C@H]2[C@H]2C[C@H]2c2ccccc2)cc1. The van der Waals surface area contributed by atoms with Crippen LogP contribution in [0.3, 0.4) is 0 Å². The van der Waals surface area contributed by atoms with Gasteiger partial charge in [0.2, 0.25) is 0 Å². The first-order valence-corrected chi connectivity index (χ1v) is 10.3. The monoisotopic (exact) mass is 348 g/mol. The quantitative estimate of drug-likeness (QED) is 0.482. The Morgan fingerprint density at radius 1 is 0.519 bits per heavy atom. The van der Waals surface area contributed by atoms with Crippen LogP contribution in [0.2, 0.25) is 0 Å².